The van der Waals surface area contributed by atoms with Crippen molar-refractivity contribution in [2.75, 3.05) is 12.3 Å². The van der Waals surface area contributed by atoms with Crippen LogP contribution in [0.5, 0.6) is 0 Å². The van der Waals surface area contributed by atoms with E-state index in [2.05, 4.69) is 51.8 Å². The van der Waals surface area contributed by atoms with Crippen molar-refractivity contribution >= 4 is 80.7 Å². The summed E-state index contributed by atoms with van der Waals surface area (Å²) >= 11 is 1.16. The molecule has 7 atom stereocenters. The molecule has 0 bridgehead atoms. The van der Waals surface area contributed by atoms with Crippen molar-refractivity contribution in [2.45, 2.75) is 112 Å². The number of nitrogens with two attached hydrogens (primary N) is 4. The highest BCUT2D eigenvalue weighted by Crippen LogP contribution is 2.32. The van der Waals surface area contributed by atoms with Gasteiger partial charge in [-0.25, -0.2) is 4.98 Å². The van der Waals surface area contributed by atoms with Gasteiger partial charge in [-0.15, -0.1) is 11.8 Å². The number of rotatable bonds is 16. The maximum absolute atomic E-state index is 14.8. The number of H-pyrrole nitrogens is 2. The van der Waals surface area contributed by atoms with Gasteiger partial charge in [-0.05, 0) is 52.8 Å². The third-order valence-electron chi connectivity index (χ3n) is 13.1. The number of amides is 7. The van der Waals surface area contributed by atoms with Crippen molar-refractivity contribution in [3.05, 3.63) is 132 Å². The molecule has 22 heteroatoms. The SMILES string of the molecule is CCCC[C@H](N)C(=O)N[C@@H]1CSc2[nH]c3ccccc3c2C[C@@H](C(N)=O)NC(=O)[C@H](Cc2ccc3ccccc3c2)NC(=O)[C@H](CCCN=C(N)N)NC(=O)[C@@H](Cc2ccccc2)NC(=O)[C@H](Cc2cnc[nH]2)NC1=O. The van der Waals surface area contributed by atoms with Crippen molar-refractivity contribution in [1.29, 1.82) is 0 Å². The number of aliphatic imine (C=N–C) groups is 1. The van der Waals surface area contributed by atoms with Crippen LogP contribution in [0.25, 0.3) is 21.7 Å². The standard InChI is InChI=1S/C54H66N14O7S/c1-2-3-17-38(55)47(70)67-45-29-76-53-37(36-16-9-10-18-39(36)68-53)27-41(46(56)69)63-50(73)43(25-32-20-21-33-14-7-8-15-34(33)23-32)64-48(71)40(19-11-22-60-54(57)58)62-49(72)42(24-31-12-5-4-6-13-31)65-51(74)44(66-52(45)75)26-35-28-59-30-61-35/h4-10,12-16,18,20-21,23,28,30,38,40-45,68H,2-3,11,17,19,22,24-27,29,55H2,1H3,(H2,56,69)(H,59,61)(H,62,72)(H,63,73)(H,64,71)(H,65,74)(H,66,75)(H,67,70)(H4,57,58,60)/t38-,40-,41-,42+,43-,44-,45+/m0/s1. The third-order valence-corrected chi connectivity index (χ3v) is 14.2. The van der Waals surface area contributed by atoms with Crippen molar-refractivity contribution in [3.63, 3.8) is 0 Å². The molecule has 7 amide bonds. The zero-order valence-electron chi connectivity index (χ0n) is 42.2. The summed E-state index contributed by atoms with van der Waals surface area (Å²) < 4.78 is 0. The van der Waals surface area contributed by atoms with E-state index in [1.54, 1.807) is 30.3 Å². The summed E-state index contributed by atoms with van der Waals surface area (Å²) in [5, 5.41) is 20.0. The van der Waals surface area contributed by atoms with Gasteiger partial charge in [0.05, 0.1) is 17.4 Å². The van der Waals surface area contributed by atoms with E-state index in [1.165, 1.54) is 12.5 Å². The first-order valence-electron chi connectivity index (χ1n) is 25.3. The maximum atomic E-state index is 14.8. The van der Waals surface area contributed by atoms with Crippen LogP contribution in [-0.4, -0.2) is 117 Å². The molecule has 0 spiro atoms. The number of aromatic amines is 2. The fourth-order valence-electron chi connectivity index (χ4n) is 8.94. The van der Waals surface area contributed by atoms with Crippen molar-refractivity contribution in [1.82, 2.24) is 46.9 Å². The van der Waals surface area contributed by atoms with Gasteiger partial charge in [-0.3, -0.25) is 38.6 Å². The fourth-order valence-corrected chi connectivity index (χ4v) is 10.1. The van der Waals surface area contributed by atoms with E-state index in [0.717, 1.165) is 29.0 Å². The Labute approximate surface area is 443 Å². The smallest absolute Gasteiger partial charge is 0.244 e. The minimum atomic E-state index is -1.35. The number of guanidine groups is 1. The number of aromatic nitrogens is 3. The van der Waals surface area contributed by atoms with Gasteiger partial charge in [0, 0.05) is 60.8 Å². The molecule has 2 aromatic heterocycles. The molecule has 3 heterocycles. The first-order valence-corrected chi connectivity index (χ1v) is 26.3. The number of hydrogen-bond acceptors (Lipinski definition) is 11. The summed E-state index contributed by atoms with van der Waals surface area (Å²) in [6.07, 6.45) is 4.53. The van der Waals surface area contributed by atoms with Gasteiger partial charge in [-0.1, -0.05) is 111 Å². The lowest BCUT2D eigenvalue weighted by Gasteiger charge is -2.27. The van der Waals surface area contributed by atoms with Crippen LogP contribution in [0.4, 0.5) is 0 Å². The van der Waals surface area contributed by atoms with E-state index in [4.69, 9.17) is 22.9 Å². The Balaban J connectivity index is 1.33. The molecule has 0 saturated carbocycles. The summed E-state index contributed by atoms with van der Waals surface area (Å²) in [5.41, 5.74) is 26.7. The number of carbonyl (C=O) groups excluding carboxylic acids is 7. The second kappa shape index (κ2) is 26.8. The minimum Gasteiger partial charge on any atom is -0.370 e. The highest BCUT2D eigenvalue weighted by molar-refractivity contribution is 7.99. The second-order valence-corrected chi connectivity index (χ2v) is 19.8. The van der Waals surface area contributed by atoms with Crippen molar-refractivity contribution < 1.29 is 33.6 Å². The molecular formula is C54H66N14O7S. The number of nitrogens with zero attached hydrogens (tertiary/aromatic N) is 2. The molecule has 21 nitrogen and oxygen atoms in total. The normalized spacial score (nSPS) is 20.6. The Hall–Kier alpha value is -8.24. The van der Waals surface area contributed by atoms with E-state index in [9.17, 15) is 33.6 Å². The van der Waals surface area contributed by atoms with E-state index >= 15 is 0 Å². The van der Waals surface area contributed by atoms with Gasteiger partial charge >= 0.3 is 0 Å². The molecule has 7 rings (SSSR count). The van der Waals surface area contributed by atoms with Gasteiger partial charge < -0.3 is 64.8 Å². The summed E-state index contributed by atoms with van der Waals surface area (Å²) in [4.78, 5) is 116. The summed E-state index contributed by atoms with van der Waals surface area (Å²) in [5.74, 6) is -5.52. The molecule has 0 aliphatic carbocycles. The van der Waals surface area contributed by atoms with Crippen LogP contribution in [0.3, 0.4) is 0 Å². The highest BCUT2D eigenvalue weighted by atomic mass is 32.2. The van der Waals surface area contributed by atoms with Gasteiger partial charge in [0.2, 0.25) is 41.4 Å². The van der Waals surface area contributed by atoms with Crippen LogP contribution in [-0.2, 0) is 59.2 Å². The zero-order valence-corrected chi connectivity index (χ0v) is 43.0. The number of fused-ring (bicyclic) bond motifs is 4. The molecule has 1 aliphatic rings. The van der Waals surface area contributed by atoms with Gasteiger partial charge in [0.1, 0.15) is 36.3 Å². The van der Waals surface area contributed by atoms with Crippen LogP contribution >= 0.6 is 11.8 Å². The maximum Gasteiger partial charge on any atom is 0.244 e. The predicted octanol–water partition coefficient (Wildman–Crippen LogP) is 1.39. The van der Waals surface area contributed by atoms with Crippen LogP contribution in [0.1, 0.15) is 61.4 Å². The lowest BCUT2D eigenvalue weighted by molar-refractivity contribution is -0.135. The van der Waals surface area contributed by atoms with E-state index in [1.807, 2.05) is 73.7 Å². The van der Waals surface area contributed by atoms with E-state index in [-0.39, 0.29) is 56.8 Å². The number of imidazole rings is 1. The Morgan fingerprint density at radius 1 is 0.724 bits per heavy atom. The topological polar surface area (TPSA) is 353 Å². The van der Waals surface area contributed by atoms with E-state index in [0.29, 0.717) is 51.2 Å². The molecule has 0 radical (unpaired) electrons. The predicted molar refractivity (Wildman–Crippen MR) is 291 cm³/mol. The Morgan fingerprint density at radius 3 is 2.05 bits per heavy atom. The van der Waals surface area contributed by atoms with Crippen LogP contribution in [0.2, 0.25) is 0 Å². The number of hydrogen-bond donors (Lipinski definition) is 12. The average molecular weight is 1060 g/mol. The van der Waals surface area contributed by atoms with Crippen LogP contribution in [0.15, 0.2) is 120 Å². The number of thioether (sulfide) groups is 1. The lowest BCUT2D eigenvalue weighted by atomic mass is 9.99. The van der Waals surface area contributed by atoms with Crippen molar-refractivity contribution in [3.8, 4) is 0 Å². The number of primary amides is 1. The number of benzene rings is 4. The summed E-state index contributed by atoms with van der Waals surface area (Å²) in [6, 6.07) is 20.5. The molecule has 4 aromatic carbocycles. The quantitative estimate of drug-likeness (QED) is 0.0372. The van der Waals surface area contributed by atoms with Gasteiger partial charge in [-0.2, -0.15) is 0 Å². The largest absolute Gasteiger partial charge is 0.370 e. The number of para-hydroxylation sites is 1. The minimum absolute atomic E-state index is 0.0245. The molecular weight excluding hydrogens is 989 g/mol. The number of unbranched alkanes of at least 4 members (excludes halogenated alkanes) is 1. The fraction of sp³-hybridized carbons (Fsp3) is 0.352. The zero-order chi connectivity index (χ0) is 54.1. The molecule has 400 valence electrons. The monoisotopic (exact) mass is 1050 g/mol. The highest BCUT2D eigenvalue weighted by Gasteiger charge is 2.35. The third kappa shape index (κ3) is 15.4. The Bertz CT molecular complexity index is 3020. The van der Waals surface area contributed by atoms with Crippen molar-refractivity contribution in [2.24, 2.45) is 27.9 Å². The summed E-state index contributed by atoms with van der Waals surface area (Å²) in [7, 11) is 0. The second-order valence-electron chi connectivity index (χ2n) is 18.8. The molecule has 1 aliphatic heterocycles. The van der Waals surface area contributed by atoms with Gasteiger partial charge in [0.15, 0.2) is 5.96 Å². The Kier molecular flexibility index (Phi) is 19.6. The van der Waals surface area contributed by atoms with E-state index < -0.39 is 83.6 Å². The van der Waals surface area contributed by atoms with Gasteiger partial charge in [0.25, 0.3) is 0 Å². The first-order chi connectivity index (χ1) is 36.6. The summed E-state index contributed by atoms with van der Waals surface area (Å²) in [6.45, 7) is 2.05. The molecule has 16 N–H and O–H groups in total. The van der Waals surface area contributed by atoms with Crippen LogP contribution in [0, 0.1) is 0 Å². The Morgan fingerprint density at radius 2 is 1.36 bits per heavy atom. The lowest BCUT2D eigenvalue weighted by Crippen LogP contribution is -2.61. The number of carbonyl (C=O) groups is 7. The molecule has 0 saturated heterocycles. The average Bonchev–Trinajstić information content (AvgIpc) is 4.06. The number of nitrogens with one attached hydrogen (secondary N) is 8. The van der Waals surface area contributed by atoms with Crippen LogP contribution < -0.4 is 54.8 Å². The molecule has 0 unspecified atom stereocenters. The molecule has 0 fully saturated rings. The molecule has 6 aromatic rings. The molecule has 76 heavy (non-hydrogen) atoms. The first kappa shape index (κ1) is 55.5.